The molecule has 3 rings (SSSR count). The fraction of sp³-hybridized carbons (Fsp3) is 0.417. The van der Waals surface area contributed by atoms with E-state index in [-0.39, 0.29) is 30.6 Å². The third-order valence-electron chi connectivity index (χ3n) is 5.52. The summed E-state index contributed by atoms with van der Waals surface area (Å²) >= 11 is 0. The van der Waals surface area contributed by atoms with Gasteiger partial charge in [-0.05, 0) is 43.5 Å². The average molecular weight is 379 g/mol. The minimum absolute atomic E-state index is 0.0250. The molecule has 2 aromatic rings. The summed E-state index contributed by atoms with van der Waals surface area (Å²) in [6.45, 7) is 4.82. The number of hydrogen-bond acceptors (Lipinski definition) is 3. The van der Waals surface area contributed by atoms with Crippen LogP contribution in [0.5, 0.6) is 0 Å². The zero-order valence-electron chi connectivity index (χ0n) is 16.7. The first kappa shape index (κ1) is 20.3. The predicted molar refractivity (Wildman–Crippen MR) is 112 cm³/mol. The molecular formula is C24H30N2O2. The molecule has 1 N–H and O–H groups in total. The monoisotopic (exact) mass is 378 g/mol. The van der Waals surface area contributed by atoms with Crippen LogP contribution in [0.4, 0.5) is 0 Å². The number of benzene rings is 2. The van der Waals surface area contributed by atoms with E-state index < -0.39 is 0 Å². The molecule has 28 heavy (non-hydrogen) atoms. The summed E-state index contributed by atoms with van der Waals surface area (Å²) in [5.74, 6) is -0.0318. The van der Waals surface area contributed by atoms with Crippen molar-refractivity contribution in [2.24, 2.45) is 0 Å². The van der Waals surface area contributed by atoms with Crippen LogP contribution in [0, 0.1) is 0 Å². The second kappa shape index (κ2) is 10.2. The minimum atomic E-state index is -0.0568. The van der Waals surface area contributed by atoms with Crippen molar-refractivity contribution in [3.8, 4) is 0 Å². The summed E-state index contributed by atoms with van der Waals surface area (Å²) in [6, 6.07) is 18.2. The highest BCUT2D eigenvalue weighted by molar-refractivity contribution is 5.97. The van der Waals surface area contributed by atoms with E-state index in [9.17, 15) is 9.59 Å². The van der Waals surface area contributed by atoms with Crippen LogP contribution in [0.25, 0.3) is 0 Å². The van der Waals surface area contributed by atoms with Gasteiger partial charge in [0.15, 0.2) is 5.78 Å². The van der Waals surface area contributed by atoms with Gasteiger partial charge in [0, 0.05) is 24.9 Å². The Bertz CT molecular complexity index is 765. The van der Waals surface area contributed by atoms with Crippen LogP contribution in [0.3, 0.4) is 0 Å². The molecule has 1 aliphatic rings. The van der Waals surface area contributed by atoms with Crippen LogP contribution < -0.4 is 5.32 Å². The van der Waals surface area contributed by atoms with Gasteiger partial charge in [0.25, 0.3) is 0 Å². The van der Waals surface area contributed by atoms with Crippen LogP contribution >= 0.6 is 0 Å². The second-order valence-corrected chi connectivity index (χ2v) is 7.45. The molecule has 0 radical (unpaired) electrons. The van der Waals surface area contributed by atoms with Crippen LogP contribution in [-0.4, -0.2) is 36.2 Å². The van der Waals surface area contributed by atoms with Gasteiger partial charge >= 0.3 is 0 Å². The van der Waals surface area contributed by atoms with Gasteiger partial charge in [0.2, 0.25) is 5.91 Å². The Morgan fingerprint density at radius 3 is 2.29 bits per heavy atom. The van der Waals surface area contributed by atoms with Gasteiger partial charge in [-0.25, -0.2) is 0 Å². The van der Waals surface area contributed by atoms with Gasteiger partial charge in [0.05, 0.1) is 6.04 Å². The number of carbonyl (C=O) groups excluding carboxylic acids is 2. The summed E-state index contributed by atoms with van der Waals surface area (Å²) in [6.07, 6.45) is 3.86. The van der Waals surface area contributed by atoms with Gasteiger partial charge in [-0.15, -0.1) is 0 Å². The van der Waals surface area contributed by atoms with Crippen molar-refractivity contribution in [1.29, 1.82) is 0 Å². The fourth-order valence-electron chi connectivity index (χ4n) is 3.78. The fourth-order valence-corrected chi connectivity index (χ4v) is 3.78. The summed E-state index contributed by atoms with van der Waals surface area (Å²) in [5.41, 5.74) is 3.13. The molecule has 1 amide bonds. The number of hydrogen-bond donors (Lipinski definition) is 1. The number of aryl methyl sites for hydroxylation is 1. The molecule has 1 fully saturated rings. The lowest BCUT2D eigenvalue weighted by Gasteiger charge is -2.28. The molecule has 148 valence electrons. The zero-order valence-corrected chi connectivity index (χ0v) is 16.7. The number of nitrogens with one attached hydrogen (secondary N) is 1. The largest absolute Gasteiger partial charge is 0.354 e. The lowest BCUT2D eigenvalue weighted by atomic mass is 10.0. The van der Waals surface area contributed by atoms with Crippen LogP contribution in [0.2, 0.25) is 0 Å². The number of Topliss-reactive ketones (excluding diaryl/α,β-unsaturated/α-hetero) is 1. The Kier molecular flexibility index (Phi) is 7.38. The molecule has 4 heteroatoms. The first-order chi connectivity index (χ1) is 13.7. The maximum Gasteiger partial charge on any atom is 0.220 e. The van der Waals surface area contributed by atoms with Gasteiger partial charge in [-0.1, -0.05) is 61.5 Å². The third kappa shape index (κ3) is 5.52. The summed E-state index contributed by atoms with van der Waals surface area (Å²) in [5, 5.41) is 3.05. The molecule has 1 aliphatic heterocycles. The highest BCUT2D eigenvalue weighted by Gasteiger charge is 2.23. The maximum absolute atomic E-state index is 12.3. The Labute approximate surface area is 167 Å². The summed E-state index contributed by atoms with van der Waals surface area (Å²) in [7, 11) is 0. The molecule has 1 atom stereocenters. The third-order valence-corrected chi connectivity index (χ3v) is 5.52. The van der Waals surface area contributed by atoms with Crippen molar-refractivity contribution in [1.82, 2.24) is 10.2 Å². The maximum atomic E-state index is 12.3. The van der Waals surface area contributed by atoms with E-state index in [0.29, 0.717) is 12.1 Å². The van der Waals surface area contributed by atoms with E-state index in [4.69, 9.17) is 0 Å². The second-order valence-electron chi connectivity index (χ2n) is 7.45. The molecule has 4 nitrogen and oxygen atoms in total. The van der Waals surface area contributed by atoms with Crippen molar-refractivity contribution in [2.45, 2.75) is 45.1 Å². The number of likely N-dealkylation sites (tertiary alicyclic amines) is 1. The van der Waals surface area contributed by atoms with Gasteiger partial charge in [-0.3, -0.25) is 14.5 Å². The molecule has 0 aromatic heterocycles. The number of amides is 1. The van der Waals surface area contributed by atoms with Gasteiger partial charge < -0.3 is 5.32 Å². The minimum Gasteiger partial charge on any atom is -0.354 e. The van der Waals surface area contributed by atoms with Crippen LogP contribution in [0.1, 0.15) is 60.1 Å². The van der Waals surface area contributed by atoms with Crippen molar-refractivity contribution in [2.75, 3.05) is 19.6 Å². The first-order valence-corrected chi connectivity index (χ1v) is 10.3. The highest BCUT2D eigenvalue weighted by atomic mass is 16.2. The molecule has 0 spiro atoms. The van der Waals surface area contributed by atoms with E-state index in [0.717, 1.165) is 19.5 Å². The average Bonchev–Trinajstić information content (AvgIpc) is 3.27. The van der Waals surface area contributed by atoms with E-state index in [2.05, 4.69) is 29.3 Å². The van der Waals surface area contributed by atoms with Gasteiger partial charge in [-0.2, -0.15) is 0 Å². The van der Waals surface area contributed by atoms with Crippen LogP contribution in [0.15, 0.2) is 54.6 Å². The van der Waals surface area contributed by atoms with Gasteiger partial charge in [0.1, 0.15) is 0 Å². The van der Waals surface area contributed by atoms with E-state index in [1.165, 1.54) is 24.0 Å². The number of carbonyl (C=O) groups is 2. The standard InChI is InChI=1S/C24H30N2O2/c1-2-19-10-12-21(13-11-19)23(27)14-15-24(28)25-18-22(26-16-6-7-17-26)20-8-4-3-5-9-20/h3-5,8-13,22H,2,6-7,14-18H2,1H3,(H,25,28). The van der Waals surface area contributed by atoms with Crippen molar-refractivity contribution >= 4 is 11.7 Å². The van der Waals surface area contributed by atoms with Crippen molar-refractivity contribution in [3.05, 3.63) is 71.3 Å². The number of rotatable bonds is 9. The Hall–Kier alpha value is -2.46. The molecule has 0 saturated carbocycles. The van der Waals surface area contributed by atoms with Crippen molar-refractivity contribution in [3.63, 3.8) is 0 Å². The summed E-state index contributed by atoms with van der Waals surface area (Å²) in [4.78, 5) is 27.1. The molecule has 1 unspecified atom stereocenters. The Morgan fingerprint density at radius 1 is 0.964 bits per heavy atom. The van der Waals surface area contributed by atoms with Crippen LogP contribution in [-0.2, 0) is 11.2 Å². The number of nitrogens with zero attached hydrogens (tertiary/aromatic N) is 1. The Morgan fingerprint density at radius 2 is 1.64 bits per heavy atom. The first-order valence-electron chi connectivity index (χ1n) is 10.3. The normalized spacial score (nSPS) is 15.3. The van der Waals surface area contributed by atoms with E-state index in [1.807, 2.05) is 42.5 Å². The molecule has 1 heterocycles. The lowest BCUT2D eigenvalue weighted by molar-refractivity contribution is -0.121. The molecular weight excluding hydrogens is 348 g/mol. The predicted octanol–water partition coefficient (Wildman–Crippen LogP) is 4.17. The topological polar surface area (TPSA) is 49.4 Å². The highest BCUT2D eigenvalue weighted by Crippen LogP contribution is 2.24. The Balaban J connectivity index is 1.50. The molecule has 2 aromatic carbocycles. The molecule has 0 bridgehead atoms. The van der Waals surface area contributed by atoms with E-state index >= 15 is 0 Å². The lowest BCUT2D eigenvalue weighted by Crippen LogP contribution is -2.36. The van der Waals surface area contributed by atoms with E-state index in [1.54, 1.807) is 0 Å². The zero-order chi connectivity index (χ0) is 19.8. The summed E-state index contributed by atoms with van der Waals surface area (Å²) < 4.78 is 0. The number of ketones is 1. The SMILES string of the molecule is CCc1ccc(C(=O)CCC(=O)NCC(c2ccccc2)N2CCCC2)cc1. The quantitative estimate of drug-likeness (QED) is 0.667. The smallest absolute Gasteiger partial charge is 0.220 e. The molecule has 1 saturated heterocycles. The van der Waals surface area contributed by atoms with Crippen molar-refractivity contribution < 1.29 is 9.59 Å². The molecule has 0 aliphatic carbocycles.